The maximum Gasteiger partial charge on any atom is 0.338 e. The van der Waals surface area contributed by atoms with E-state index in [-0.39, 0.29) is 11.1 Å². The Bertz CT molecular complexity index is 1090. The summed E-state index contributed by atoms with van der Waals surface area (Å²) in [5, 5.41) is 0. The number of halogens is 5. The molecule has 0 aliphatic rings. The van der Waals surface area contributed by atoms with Crippen LogP contribution in [-0.2, 0) is 15.9 Å². The molecule has 0 fully saturated rings. The van der Waals surface area contributed by atoms with Crippen LogP contribution in [-0.4, -0.2) is 24.6 Å². The van der Waals surface area contributed by atoms with Crippen LogP contribution in [0.3, 0.4) is 0 Å². The average molecular weight is 450 g/mol. The van der Waals surface area contributed by atoms with E-state index in [1.54, 1.807) is 24.3 Å². The first-order valence-electron chi connectivity index (χ1n) is 9.28. The molecule has 0 spiro atoms. The highest BCUT2D eigenvalue weighted by atomic mass is 19.2. The maximum atomic E-state index is 14.1. The molecule has 0 heterocycles. The van der Waals surface area contributed by atoms with Crippen molar-refractivity contribution >= 4 is 11.9 Å². The van der Waals surface area contributed by atoms with Crippen LogP contribution < -0.4 is 0 Å². The fourth-order valence-corrected chi connectivity index (χ4v) is 2.81. The fraction of sp³-hybridized carbons (Fsp3) is 0.130. The van der Waals surface area contributed by atoms with Crippen LogP contribution in [0.5, 0.6) is 0 Å². The van der Waals surface area contributed by atoms with Crippen molar-refractivity contribution in [3.63, 3.8) is 0 Å². The summed E-state index contributed by atoms with van der Waals surface area (Å²) in [5.41, 5.74) is -0.968. The summed E-state index contributed by atoms with van der Waals surface area (Å²) in [6.07, 6.45) is -2.46. The minimum Gasteiger partial charge on any atom is -0.458 e. The van der Waals surface area contributed by atoms with E-state index in [0.29, 0.717) is 0 Å². The number of benzene rings is 3. The van der Waals surface area contributed by atoms with Crippen LogP contribution >= 0.6 is 0 Å². The van der Waals surface area contributed by atoms with Crippen LogP contribution in [0.1, 0.15) is 26.3 Å². The van der Waals surface area contributed by atoms with Gasteiger partial charge in [0, 0.05) is 12.0 Å². The first kappa shape index (κ1) is 22.9. The van der Waals surface area contributed by atoms with E-state index in [2.05, 4.69) is 0 Å². The predicted octanol–water partition coefficient (Wildman–Crippen LogP) is 5.01. The van der Waals surface area contributed by atoms with E-state index in [1.165, 1.54) is 36.4 Å². The highest BCUT2D eigenvalue weighted by molar-refractivity contribution is 5.90. The monoisotopic (exact) mass is 450 g/mol. The van der Waals surface area contributed by atoms with Gasteiger partial charge in [-0.15, -0.1) is 0 Å². The molecule has 1 atom stereocenters. The number of hydrogen-bond donors (Lipinski definition) is 0. The lowest BCUT2D eigenvalue weighted by atomic mass is 10.1. The first-order chi connectivity index (χ1) is 15.3. The lowest BCUT2D eigenvalue weighted by molar-refractivity contribution is -0.000857. The van der Waals surface area contributed by atoms with E-state index in [1.807, 2.05) is 0 Å². The molecular weight excluding hydrogens is 435 g/mol. The second-order valence-electron chi connectivity index (χ2n) is 6.61. The van der Waals surface area contributed by atoms with Crippen molar-refractivity contribution in [2.45, 2.75) is 12.5 Å². The van der Waals surface area contributed by atoms with Gasteiger partial charge in [-0.25, -0.2) is 31.5 Å². The number of ether oxygens (including phenoxy) is 2. The summed E-state index contributed by atoms with van der Waals surface area (Å²) in [7, 11) is 0. The van der Waals surface area contributed by atoms with Gasteiger partial charge < -0.3 is 9.47 Å². The third kappa shape index (κ3) is 5.11. The minimum atomic E-state index is -2.31. The topological polar surface area (TPSA) is 52.6 Å². The van der Waals surface area contributed by atoms with Crippen molar-refractivity contribution in [2.75, 3.05) is 6.61 Å². The molecule has 9 heteroatoms. The van der Waals surface area contributed by atoms with Gasteiger partial charge >= 0.3 is 11.9 Å². The zero-order valence-corrected chi connectivity index (χ0v) is 16.3. The van der Waals surface area contributed by atoms with Gasteiger partial charge in [0.15, 0.2) is 23.3 Å². The van der Waals surface area contributed by atoms with Crippen LogP contribution in [0.25, 0.3) is 0 Å². The Morgan fingerprint density at radius 2 is 1.09 bits per heavy atom. The normalized spacial score (nSPS) is 11.7. The molecule has 4 nitrogen and oxygen atoms in total. The summed E-state index contributed by atoms with van der Waals surface area (Å²) >= 11 is 0. The molecule has 0 saturated heterocycles. The second-order valence-corrected chi connectivity index (χ2v) is 6.61. The van der Waals surface area contributed by atoms with E-state index in [0.717, 1.165) is 0 Å². The van der Waals surface area contributed by atoms with E-state index < -0.39 is 65.7 Å². The molecule has 3 aromatic rings. The summed E-state index contributed by atoms with van der Waals surface area (Å²) in [5.74, 6) is -12.5. The number of esters is 2. The van der Waals surface area contributed by atoms with Crippen molar-refractivity contribution < 1.29 is 41.0 Å². The summed E-state index contributed by atoms with van der Waals surface area (Å²) < 4.78 is 78.9. The molecule has 0 bridgehead atoms. The molecule has 3 rings (SSSR count). The first-order valence-corrected chi connectivity index (χ1v) is 9.28. The standard InChI is InChI=1S/C23H15F5O4/c24-17-16(18(25)20(27)21(28)19(17)26)11-15(32-23(30)14-9-5-2-6-10-14)12-31-22(29)13-7-3-1-4-8-13/h1-10,15H,11-12H2. The van der Waals surface area contributed by atoms with E-state index in [4.69, 9.17) is 9.47 Å². The molecular formula is C23H15F5O4. The quantitative estimate of drug-likeness (QED) is 0.220. The molecule has 0 radical (unpaired) electrons. The number of rotatable bonds is 7. The van der Waals surface area contributed by atoms with Crippen LogP contribution in [0.15, 0.2) is 60.7 Å². The highest BCUT2D eigenvalue weighted by Gasteiger charge is 2.29. The van der Waals surface area contributed by atoms with Gasteiger partial charge in [-0.05, 0) is 24.3 Å². The van der Waals surface area contributed by atoms with Crippen molar-refractivity contribution in [3.8, 4) is 0 Å². The molecule has 1 unspecified atom stereocenters. The largest absolute Gasteiger partial charge is 0.458 e. The molecule has 0 amide bonds. The van der Waals surface area contributed by atoms with Gasteiger partial charge in [0.1, 0.15) is 12.7 Å². The predicted molar refractivity (Wildman–Crippen MR) is 102 cm³/mol. The SMILES string of the molecule is O=C(OCC(Cc1c(F)c(F)c(F)c(F)c1F)OC(=O)c1ccccc1)c1ccccc1. The molecule has 0 aliphatic heterocycles. The van der Waals surface area contributed by atoms with E-state index in [9.17, 15) is 31.5 Å². The Kier molecular flexibility index (Phi) is 7.19. The number of carbonyl (C=O) groups excluding carboxylic acids is 2. The van der Waals surface area contributed by atoms with Gasteiger partial charge in [-0.2, -0.15) is 0 Å². The zero-order valence-electron chi connectivity index (χ0n) is 16.3. The van der Waals surface area contributed by atoms with Crippen LogP contribution in [0, 0.1) is 29.1 Å². The Morgan fingerprint density at radius 3 is 1.59 bits per heavy atom. The summed E-state index contributed by atoms with van der Waals surface area (Å²) in [6.45, 7) is -0.689. The number of hydrogen-bond acceptors (Lipinski definition) is 4. The Morgan fingerprint density at radius 1 is 0.656 bits per heavy atom. The molecule has 0 N–H and O–H groups in total. The minimum absolute atomic E-state index is 0.0734. The Balaban J connectivity index is 1.85. The Hall–Kier alpha value is -3.75. The van der Waals surface area contributed by atoms with Gasteiger partial charge in [-0.3, -0.25) is 0 Å². The van der Waals surface area contributed by atoms with Gasteiger partial charge in [0.05, 0.1) is 11.1 Å². The Labute approximate surface area is 179 Å². The van der Waals surface area contributed by atoms with Crippen LogP contribution in [0.2, 0.25) is 0 Å². The van der Waals surface area contributed by atoms with Gasteiger partial charge in [-0.1, -0.05) is 36.4 Å². The van der Waals surface area contributed by atoms with Crippen molar-refractivity contribution in [2.24, 2.45) is 0 Å². The molecule has 0 aromatic heterocycles. The van der Waals surface area contributed by atoms with E-state index >= 15 is 0 Å². The molecule has 32 heavy (non-hydrogen) atoms. The second kappa shape index (κ2) is 10.0. The van der Waals surface area contributed by atoms with Crippen molar-refractivity contribution in [1.29, 1.82) is 0 Å². The lowest BCUT2D eigenvalue weighted by Gasteiger charge is -2.19. The third-order valence-electron chi connectivity index (χ3n) is 4.43. The highest BCUT2D eigenvalue weighted by Crippen LogP contribution is 2.25. The smallest absolute Gasteiger partial charge is 0.338 e. The maximum absolute atomic E-state index is 14.1. The zero-order chi connectivity index (χ0) is 23.3. The van der Waals surface area contributed by atoms with Gasteiger partial charge in [0.25, 0.3) is 0 Å². The fourth-order valence-electron chi connectivity index (χ4n) is 2.81. The van der Waals surface area contributed by atoms with Crippen LogP contribution in [0.4, 0.5) is 22.0 Å². The molecule has 0 aliphatic carbocycles. The molecule has 0 saturated carbocycles. The molecule has 166 valence electrons. The molecule has 3 aromatic carbocycles. The van der Waals surface area contributed by atoms with Crippen molar-refractivity contribution in [3.05, 3.63) is 106 Å². The third-order valence-corrected chi connectivity index (χ3v) is 4.43. The van der Waals surface area contributed by atoms with Crippen molar-refractivity contribution in [1.82, 2.24) is 0 Å². The number of carbonyl (C=O) groups is 2. The van der Waals surface area contributed by atoms with Gasteiger partial charge in [0.2, 0.25) is 5.82 Å². The lowest BCUT2D eigenvalue weighted by Crippen LogP contribution is -2.29. The summed E-state index contributed by atoms with van der Waals surface area (Å²) in [4.78, 5) is 24.5. The average Bonchev–Trinajstić information content (AvgIpc) is 2.83. The summed E-state index contributed by atoms with van der Waals surface area (Å²) in [6, 6.07) is 15.2.